The van der Waals surface area contributed by atoms with E-state index in [1.807, 2.05) is 31.0 Å². The number of anilines is 4. The molecule has 3 aromatic rings. The number of rotatable bonds is 5. The number of aromatic nitrogens is 2. The second-order valence-corrected chi connectivity index (χ2v) is 7.60. The lowest BCUT2D eigenvalue weighted by Gasteiger charge is -2.36. The van der Waals surface area contributed by atoms with E-state index in [2.05, 4.69) is 20.6 Å². The van der Waals surface area contributed by atoms with E-state index in [9.17, 15) is 14.0 Å². The molecule has 8 nitrogen and oxygen atoms in total. The van der Waals surface area contributed by atoms with Gasteiger partial charge in [-0.1, -0.05) is 12.1 Å². The van der Waals surface area contributed by atoms with Gasteiger partial charge in [0, 0.05) is 31.9 Å². The Morgan fingerprint density at radius 3 is 2.42 bits per heavy atom. The molecule has 33 heavy (non-hydrogen) atoms. The third-order valence-electron chi connectivity index (χ3n) is 5.48. The SMILES string of the molecule is C[C@H]1C(=O)N(C)c2cnc(NCc3ccc(NC(=O)c4ccc(F)cc4)cc3)nc2N1C.S. The Hall–Kier alpha value is -3.66. The van der Waals surface area contributed by atoms with Crippen LogP contribution >= 0.6 is 13.5 Å². The number of nitrogens with one attached hydrogen (secondary N) is 2. The highest BCUT2D eigenvalue weighted by molar-refractivity contribution is 7.59. The molecule has 1 aliphatic rings. The first kappa shape index (κ1) is 24.0. The number of fused-ring (bicyclic) bond motifs is 1. The van der Waals surface area contributed by atoms with Crippen molar-refractivity contribution >= 4 is 48.5 Å². The molecule has 0 fully saturated rings. The van der Waals surface area contributed by atoms with Gasteiger partial charge in [-0.2, -0.15) is 18.5 Å². The topological polar surface area (TPSA) is 90.5 Å². The normalized spacial score (nSPS) is 14.9. The molecule has 2 aromatic carbocycles. The summed E-state index contributed by atoms with van der Waals surface area (Å²) in [6.45, 7) is 2.33. The van der Waals surface area contributed by atoms with E-state index in [1.165, 1.54) is 24.3 Å². The fourth-order valence-electron chi connectivity index (χ4n) is 3.39. The fourth-order valence-corrected chi connectivity index (χ4v) is 3.39. The number of halogens is 1. The van der Waals surface area contributed by atoms with E-state index < -0.39 is 0 Å². The van der Waals surface area contributed by atoms with Crippen molar-refractivity contribution in [3.05, 3.63) is 71.7 Å². The molecule has 0 saturated heterocycles. The summed E-state index contributed by atoms with van der Waals surface area (Å²) in [5.74, 6) is 0.453. The molecule has 1 atom stereocenters. The smallest absolute Gasteiger partial charge is 0.255 e. The zero-order valence-electron chi connectivity index (χ0n) is 18.5. The van der Waals surface area contributed by atoms with Gasteiger partial charge in [-0.3, -0.25) is 9.59 Å². The molecular weight excluding hydrogens is 443 g/mol. The first-order chi connectivity index (χ1) is 15.3. The van der Waals surface area contributed by atoms with Crippen LogP contribution in [-0.4, -0.2) is 41.9 Å². The minimum absolute atomic E-state index is 0. The van der Waals surface area contributed by atoms with Gasteiger partial charge in [0.2, 0.25) is 11.9 Å². The van der Waals surface area contributed by atoms with E-state index in [1.54, 1.807) is 30.3 Å². The zero-order valence-corrected chi connectivity index (χ0v) is 19.5. The quantitative estimate of drug-likeness (QED) is 0.597. The van der Waals surface area contributed by atoms with Gasteiger partial charge in [0.1, 0.15) is 17.5 Å². The predicted octanol–water partition coefficient (Wildman–Crippen LogP) is 3.39. The maximum absolute atomic E-state index is 13.0. The van der Waals surface area contributed by atoms with Crippen LogP contribution in [0.1, 0.15) is 22.8 Å². The highest BCUT2D eigenvalue weighted by Gasteiger charge is 2.32. The molecule has 1 aromatic heterocycles. The number of carbonyl (C=O) groups excluding carboxylic acids is 2. The van der Waals surface area contributed by atoms with Gasteiger partial charge < -0.3 is 20.4 Å². The van der Waals surface area contributed by atoms with Gasteiger partial charge in [-0.15, -0.1) is 0 Å². The Morgan fingerprint density at radius 2 is 1.76 bits per heavy atom. The van der Waals surface area contributed by atoms with E-state index in [0.29, 0.717) is 35.2 Å². The van der Waals surface area contributed by atoms with Crippen LogP contribution in [0, 0.1) is 5.82 Å². The standard InChI is InChI=1S/C23H23FN6O2.H2S/c1-14-22(32)30(3)19-13-26-23(28-20(19)29(14)2)25-12-15-4-10-18(11-5-15)27-21(31)16-6-8-17(24)9-7-16;/h4-11,13-14H,12H2,1-3H3,(H,27,31)(H,25,26,28);1H2/t14-;/m0./s1. The van der Waals surface area contributed by atoms with Crippen molar-refractivity contribution < 1.29 is 14.0 Å². The third kappa shape index (κ3) is 5.06. The largest absolute Gasteiger partial charge is 0.350 e. The van der Waals surface area contributed by atoms with E-state index in [0.717, 1.165) is 5.56 Å². The molecular formula is C23H25FN6O2S. The van der Waals surface area contributed by atoms with Crippen LogP contribution in [-0.2, 0) is 11.3 Å². The molecule has 2 N–H and O–H groups in total. The van der Waals surface area contributed by atoms with Gasteiger partial charge in [0.25, 0.3) is 5.91 Å². The van der Waals surface area contributed by atoms with Crippen LogP contribution < -0.4 is 20.4 Å². The van der Waals surface area contributed by atoms with Crippen molar-refractivity contribution in [2.75, 3.05) is 34.5 Å². The average molecular weight is 469 g/mol. The molecule has 2 heterocycles. The predicted molar refractivity (Wildman–Crippen MR) is 132 cm³/mol. The maximum atomic E-state index is 13.0. The van der Waals surface area contributed by atoms with Crippen molar-refractivity contribution in [2.45, 2.75) is 19.5 Å². The molecule has 1 aliphatic heterocycles. The molecule has 0 aliphatic carbocycles. The lowest BCUT2D eigenvalue weighted by Crippen LogP contribution is -2.49. The Kier molecular flexibility index (Phi) is 7.17. The van der Waals surface area contributed by atoms with Crippen LogP contribution in [0.15, 0.2) is 54.7 Å². The summed E-state index contributed by atoms with van der Waals surface area (Å²) in [6.07, 6.45) is 1.64. The Labute approximate surface area is 198 Å². The minimum Gasteiger partial charge on any atom is -0.350 e. The van der Waals surface area contributed by atoms with Gasteiger partial charge >= 0.3 is 0 Å². The number of likely N-dealkylation sites (N-methyl/N-ethyl adjacent to an activating group) is 2. The lowest BCUT2D eigenvalue weighted by molar-refractivity contribution is -0.119. The third-order valence-corrected chi connectivity index (χ3v) is 5.48. The van der Waals surface area contributed by atoms with Crippen LogP contribution in [0.25, 0.3) is 0 Å². The molecule has 0 spiro atoms. The molecule has 0 unspecified atom stereocenters. The van der Waals surface area contributed by atoms with Crippen molar-refractivity contribution in [3.8, 4) is 0 Å². The summed E-state index contributed by atoms with van der Waals surface area (Å²) in [7, 11) is 3.56. The van der Waals surface area contributed by atoms with Crippen LogP contribution in [0.2, 0.25) is 0 Å². The zero-order chi connectivity index (χ0) is 22.8. The van der Waals surface area contributed by atoms with E-state index >= 15 is 0 Å². The molecule has 10 heteroatoms. The highest BCUT2D eigenvalue weighted by atomic mass is 32.1. The Balaban J connectivity index is 0.00000306. The van der Waals surface area contributed by atoms with Crippen molar-refractivity contribution in [2.24, 2.45) is 0 Å². The number of nitrogens with zero attached hydrogens (tertiary/aromatic N) is 4. The number of hydrogen-bond acceptors (Lipinski definition) is 6. The molecule has 0 saturated carbocycles. The molecule has 2 amide bonds. The fraction of sp³-hybridized carbons (Fsp3) is 0.217. The van der Waals surface area contributed by atoms with Gasteiger partial charge in [0.05, 0.1) is 6.20 Å². The van der Waals surface area contributed by atoms with Gasteiger partial charge in [-0.25, -0.2) is 9.37 Å². The summed E-state index contributed by atoms with van der Waals surface area (Å²) < 4.78 is 13.0. The van der Waals surface area contributed by atoms with Gasteiger partial charge in [-0.05, 0) is 48.9 Å². The number of benzene rings is 2. The molecule has 0 radical (unpaired) electrons. The lowest BCUT2D eigenvalue weighted by atomic mass is 10.1. The summed E-state index contributed by atoms with van der Waals surface area (Å²) in [6, 6.07) is 12.4. The molecule has 4 rings (SSSR count). The second-order valence-electron chi connectivity index (χ2n) is 7.60. The maximum Gasteiger partial charge on any atom is 0.255 e. The second kappa shape index (κ2) is 9.86. The number of carbonyl (C=O) groups is 2. The summed E-state index contributed by atoms with van der Waals surface area (Å²) in [5, 5.41) is 5.97. The summed E-state index contributed by atoms with van der Waals surface area (Å²) in [5.41, 5.74) is 2.66. The van der Waals surface area contributed by atoms with Crippen molar-refractivity contribution in [1.82, 2.24) is 9.97 Å². The Bertz CT molecular complexity index is 1160. The van der Waals surface area contributed by atoms with Crippen molar-refractivity contribution in [3.63, 3.8) is 0 Å². The van der Waals surface area contributed by atoms with Crippen molar-refractivity contribution in [1.29, 1.82) is 0 Å². The minimum atomic E-state index is -0.386. The highest BCUT2D eigenvalue weighted by Crippen LogP contribution is 2.32. The van der Waals surface area contributed by atoms with E-state index in [4.69, 9.17) is 0 Å². The molecule has 0 bridgehead atoms. The van der Waals surface area contributed by atoms with Crippen LogP contribution in [0.5, 0.6) is 0 Å². The first-order valence-electron chi connectivity index (χ1n) is 10.1. The Morgan fingerprint density at radius 1 is 1.09 bits per heavy atom. The first-order valence-corrected chi connectivity index (χ1v) is 10.1. The number of amides is 2. The van der Waals surface area contributed by atoms with Gasteiger partial charge in [0.15, 0.2) is 5.82 Å². The van der Waals surface area contributed by atoms with Crippen LogP contribution in [0.3, 0.4) is 0 Å². The molecule has 172 valence electrons. The average Bonchev–Trinajstić information content (AvgIpc) is 2.81. The number of hydrogen-bond donors (Lipinski definition) is 2. The monoisotopic (exact) mass is 468 g/mol. The van der Waals surface area contributed by atoms with Crippen LogP contribution in [0.4, 0.5) is 27.5 Å². The van der Waals surface area contributed by atoms with E-state index in [-0.39, 0.29) is 37.2 Å². The summed E-state index contributed by atoms with van der Waals surface area (Å²) in [4.78, 5) is 36.8. The summed E-state index contributed by atoms with van der Waals surface area (Å²) >= 11 is 0.